The number of likely N-dealkylation sites (tertiary alicyclic amines) is 1. The number of carbonyl (C=O) groups is 2. The first kappa shape index (κ1) is 24.6. The lowest BCUT2D eigenvalue weighted by atomic mass is 9.76. The fraction of sp³-hybridized carbons (Fsp3) is 0.609. The van der Waals surface area contributed by atoms with Crippen LogP contribution in [0.2, 0.25) is 4.34 Å². The van der Waals surface area contributed by atoms with Gasteiger partial charge < -0.3 is 15.3 Å². The van der Waals surface area contributed by atoms with Crippen LogP contribution in [0.1, 0.15) is 75.7 Å². The lowest BCUT2D eigenvalue weighted by Gasteiger charge is -2.44. The van der Waals surface area contributed by atoms with Crippen molar-refractivity contribution in [3.63, 3.8) is 0 Å². The molecule has 9 heteroatoms. The van der Waals surface area contributed by atoms with Crippen LogP contribution in [0.5, 0.6) is 0 Å². The largest absolute Gasteiger partial charge is 0.465 e. The number of piperidine rings is 1. The van der Waals surface area contributed by atoms with Gasteiger partial charge in [-0.15, -0.1) is 11.3 Å². The van der Waals surface area contributed by atoms with Crippen molar-refractivity contribution in [1.29, 1.82) is 0 Å². The number of anilines is 1. The molecule has 1 amide bonds. The highest BCUT2D eigenvalue weighted by Gasteiger charge is 2.40. The number of rotatable bonds is 4. The van der Waals surface area contributed by atoms with Crippen LogP contribution in [0, 0.1) is 10.8 Å². The van der Waals surface area contributed by atoms with E-state index in [0.717, 1.165) is 14.9 Å². The number of amides is 1. The smallest absolute Gasteiger partial charge is 0.407 e. The molecule has 2 aromatic rings. The van der Waals surface area contributed by atoms with Crippen LogP contribution >= 0.6 is 22.9 Å². The molecule has 1 saturated heterocycles. The van der Waals surface area contributed by atoms with Crippen LogP contribution in [-0.4, -0.2) is 44.4 Å². The Morgan fingerprint density at radius 2 is 1.94 bits per heavy atom. The summed E-state index contributed by atoms with van der Waals surface area (Å²) in [5.74, 6) is 0.642. The Labute approximate surface area is 198 Å². The Morgan fingerprint density at radius 3 is 2.47 bits per heavy atom. The third-order valence-corrected chi connectivity index (χ3v) is 7.13. The van der Waals surface area contributed by atoms with Crippen molar-refractivity contribution in [2.75, 3.05) is 11.9 Å². The zero-order valence-electron chi connectivity index (χ0n) is 19.6. The maximum Gasteiger partial charge on any atom is 0.407 e. The molecule has 0 spiro atoms. The Hall–Kier alpha value is -2.06. The first-order chi connectivity index (χ1) is 14.8. The first-order valence-corrected chi connectivity index (χ1v) is 12.1. The molecule has 0 bridgehead atoms. The molecular formula is C23H33ClN4O3S. The highest BCUT2D eigenvalue weighted by Crippen LogP contribution is 2.39. The molecule has 7 nitrogen and oxygen atoms in total. The average Bonchev–Trinajstić information content (AvgIpc) is 3.29. The Bertz CT molecular complexity index is 986. The summed E-state index contributed by atoms with van der Waals surface area (Å²) < 4.78 is 2.19. The van der Waals surface area contributed by atoms with Gasteiger partial charge in [-0.25, -0.2) is 4.79 Å². The van der Waals surface area contributed by atoms with Crippen LogP contribution in [-0.2, 0) is 6.54 Å². The predicted molar refractivity (Wildman–Crippen MR) is 129 cm³/mol. The molecule has 2 N–H and O–H groups in total. The van der Waals surface area contributed by atoms with Crippen molar-refractivity contribution in [2.45, 2.75) is 72.9 Å². The fourth-order valence-corrected chi connectivity index (χ4v) is 5.13. The van der Waals surface area contributed by atoms with E-state index in [4.69, 9.17) is 16.7 Å². The van der Waals surface area contributed by atoms with E-state index >= 15 is 0 Å². The molecule has 2 aromatic heterocycles. The summed E-state index contributed by atoms with van der Waals surface area (Å²) in [5.41, 5.74) is 0.0426. The number of hydrogen-bond donors (Lipinski definition) is 2. The second-order valence-corrected chi connectivity index (χ2v) is 12.4. The van der Waals surface area contributed by atoms with Gasteiger partial charge in [0.05, 0.1) is 16.6 Å². The average molecular weight is 481 g/mol. The maximum atomic E-state index is 13.1. The van der Waals surface area contributed by atoms with Gasteiger partial charge >= 0.3 is 6.09 Å². The molecular weight excluding hydrogens is 448 g/mol. The summed E-state index contributed by atoms with van der Waals surface area (Å²) in [7, 11) is 0. The van der Waals surface area contributed by atoms with Gasteiger partial charge in [-0.2, -0.15) is 9.78 Å². The zero-order chi connectivity index (χ0) is 23.8. The van der Waals surface area contributed by atoms with Crippen LogP contribution < -0.4 is 5.32 Å². The number of aromatic nitrogens is 2. The van der Waals surface area contributed by atoms with Crippen LogP contribution in [0.3, 0.4) is 0 Å². The first-order valence-electron chi connectivity index (χ1n) is 10.9. The lowest BCUT2D eigenvalue weighted by molar-refractivity contribution is 0.0519. The Morgan fingerprint density at radius 1 is 1.25 bits per heavy atom. The van der Waals surface area contributed by atoms with Gasteiger partial charge in [0.2, 0.25) is 0 Å². The highest BCUT2D eigenvalue weighted by molar-refractivity contribution is 7.16. The van der Waals surface area contributed by atoms with E-state index in [1.807, 2.05) is 39.0 Å². The normalized spacial score (nSPS) is 19.8. The predicted octanol–water partition coefficient (Wildman–Crippen LogP) is 6.17. The van der Waals surface area contributed by atoms with Crippen molar-refractivity contribution in [3.8, 4) is 0 Å². The molecule has 3 rings (SSSR count). The van der Waals surface area contributed by atoms with E-state index in [9.17, 15) is 14.7 Å². The monoisotopic (exact) mass is 480 g/mol. The topological polar surface area (TPSA) is 87.5 Å². The van der Waals surface area contributed by atoms with E-state index in [0.29, 0.717) is 31.7 Å². The molecule has 2 unspecified atom stereocenters. The van der Waals surface area contributed by atoms with Gasteiger partial charge in [-0.1, -0.05) is 53.1 Å². The molecule has 1 fully saturated rings. The number of nitrogens with one attached hydrogen (secondary N) is 1. The fourth-order valence-electron chi connectivity index (χ4n) is 4.11. The summed E-state index contributed by atoms with van der Waals surface area (Å²) in [6.07, 6.45) is 0.476. The molecule has 3 heterocycles. The van der Waals surface area contributed by atoms with E-state index in [2.05, 4.69) is 26.1 Å². The molecule has 1 aliphatic heterocycles. The van der Waals surface area contributed by atoms with Crippen LogP contribution in [0.25, 0.3) is 0 Å². The molecule has 1 aliphatic rings. The van der Waals surface area contributed by atoms with Gasteiger partial charge in [0, 0.05) is 34.9 Å². The van der Waals surface area contributed by atoms with Gasteiger partial charge in [-0.05, 0) is 30.4 Å². The minimum atomic E-state index is -0.881. The molecule has 0 radical (unpaired) electrons. The number of nitrogens with zero attached hydrogens (tertiary/aromatic N) is 3. The highest BCUT2D eigenvalue weighted by atomic mass is 35.5. The number of halogens is 1. The minimum Gasteiger partial charge on any atom is -0.465 e. The van der Waals surface area contributed by atoms with E-state index in [1.165, 1.54) is 16.0 Å². The molecule has 0 aromatic carbocycles. The maximum absolute atomic E-state index is 13.1. The molecule has 0 saturated carbocycles. The second kappa shape index (κ2) is 9.06. The summed E-state index contributed by atoms with van der Waals surface area (Å²) in [6.45, 7) is 12.8. The van der Waals surface area contributed by atoms with Crippen molar-refractivity contribution in [1.82, 2.24) is 14.7 Å². The summed E-state index contributed by atoms with van der Waals surface area (Å²) in [5, 5.41) is 17.7. The van der Waals surface area contributed by atoms with E-state index in [-0.39, 0.29) is 23.3 Å². The molecule has 0 aliphatic carbocycles. The molecule has 32 heavy (non-hydrogen) atoms. The third kappa shape index (κ3) is 5.46. The van der Waals surface area contributed by atoms with E-state index < -0.39 is 11.5 Å². The minimum absolute atomic E-state index is 0.0839. The van der Waals surface area contributed by atoms with Crippen LogP contribution in [0.4, 0.5) is 10.6 Å². The SMILES string of the molecule is CC(C)(C)C(=O)n1nc(C2CCN(C(=O)O)C(C(C)(C)C)C2)cc1NCc1ccc(Cl)s1. The second-order valence-electron chi connectivity index (χ2n) is 10.6. The summed E-state index contributed by atoms with van der Waals surface area (Å²) in [4.78, 5) is 27.5. The van der Waals surface area contributed by atoms with Crippen molar-refractivity contribution < 1.29 is 14.7 Å². The molecule has 2 atom stereocenters. The van der Waals surface area contributed by atoms with E-state index in [1.54, 1.807) is 4.90 Å². The summed E-state index contributed by atoms with van der Waals surface area (Å²) in [6, 6.07) is 5.64. The Kier molecular flexibility index (Phi) is 6.96. The quantitative estimate of drug-likeness (QED) is 0.546. The van der Waals surface area contributed by atoms with Crippen molar-refractivity contribution >= 4 is 40.8 Å². The van der Waals surface area contributed by atoms with Gasteiger partial charge in [0.15, 0.2) is 0 Å². The van der Waals surface area contributed by atoms with Gasteiger partial charge in [0.1, 0.15) is 5.82 Å². The lowest BCUT2D eigenvalue weighted by Crippen LogP contribution is -2.51. The third-order valence-electron chi connectivity index (χ3n) is 5.90. The van der Waals surface area contributed by atoms with Gasteiger partial charge in [-0.3, -0.25) is 4.79 Å². The number of thiophene rings is 1. The molecule has 176 valence electrons. The van der Waals surface area contributed by atoms with Crippen LogP contribution in [0.15, 0.2) is 18.2 Å². The number of hydrogen-bond acceptors (Lipinski definition) is 5. The number of carboxylic acid groups (broad SMARTS) is 1. The van der Waals surface area contributed by atoms with Crippen molar-refractivity contribution in [2.24, 2.45) is 10.8 Å². The number of carbonyl (C=O) groups excluding carboxylic acids is 1. The van der Waals surface area contributed by atoms with Crippen molar-refractivity contribution in [3.05, 3.63) is 33.1 Å². The zero-order valence-corrected chi connectivity index (χ0v) is 21.2. The summed E-state index contributed by atoms with van der Waals surface area (Å²) >= 11 is 7.54. The standard InChI is InChI=1S/C23H33ClN4O3S/c1-22(2,3)17-11-14(9-10-27(17)21(30)31)16-12-19(25-13-15-7-8-18(24)32-15)28(26-16)20(29)23(4,5)6/h7-8,12,14,17,25H,9-11,13H2,1-6H3,(H,30,31). The van der Waals surface area contributed by atoms with Gasteiger partial charge in [0.25, 0.3) is 5.91 Å². The Balaban J connectivity index is 1.90.